The van der Waals surface area contributed by atoms with Gasteiger partial charge in [0.15, 0.2) is 0 Å². The van der Waals surface area contributed by atoms with E-state index in [1.54, 1.807) is 0 Å². The van der Waals surface area contributed by atoms with Gasteiger partial charge in [0.2, 0.25) is 0 Å². The van der Waals surface area contributed by atoms with Crippen LogP contribution in [0.15, 0.2) is 11.5 Å². The van der Waals surface area contributed by atoms with Gasteiger partial charge in [0, 0.05) is 0 Å². The first kappa shape index (κ1) is 17.0. The highest BCUT2D eigenvalue weighted by Gasteiger charge is 1.96. The summed E-state index contributed by atoms with van der Waals surface area (Å²) in [5, 5.41) is 4.98. The molecule has 1 rings (SSSR count). The van der Waals surface area contributed by atoms with Crippen LogP contribution in [0, 0.1) is 0 Å². The average Bonchev–Trinajstić information content (AvgIpc) is 2.93. The zero-order chi connectivity index (χ0) is 13.6. The number of hydrogen-bond donors (Lipinski definition) is 0. The minimum Gasteiger partial charge on any atom is -0.166 e. The summed E-state index contributed by atoms with van der Waals surface area (Å²) in [4.78, 5) is 0. The van der Waals surface area contributed by atoms with Crippen molar-refractivity contribution in [1.82, 2.24) is 0 Å². The Bertz CT molecular complexity index is 252. The topological polar surface area (TPSA) is 0 Å². The van der Waals surface area contributed by atoms with Crippen LogP contribution in [0.1, 0.15) is 90.4 Å². The first-order valence-electron chi connectivity index (χ1n) is 8.62. The van der Waals surface area contributed by atoms with E-state index in [-0.39, 0.29) is 0 Å². The van der Waals surface area contributed by atoms with Gasteiger partial charge in [0.25, 0.3) is 0 Å². The highest BCUT2D eigenvalue weighted by molar-refractivity contribution is 8.17. The molecule has 1 heterocycles. The second kappa shape index (κ2) is 13.0. The van der Waals surface area contributed by atoms with E-state index in [2.05, 4.69) is 23.8 Å². The van der Waals surface area contributed by atoms with Gasteiger partial charge in [0.05, 0.1) is 0 Å². The lowest BCUT2D eigenvalue weighted by atomic mass is 10.1. The molecule has 1 aliphatic heterocycles. The molecule has 0 radical (unpaired) electrons. The molecule has 1 heteroatoms. The lowest BCUT2D eigenvalue weighted by molar-refractivity contribution is 0.552. The maximum absolute atomic E-state index is 2.57. The second-order valence-corrected chi connectivity index (χ2v) is 7.78. The van der Waals surface area contributed by atoms with Crippen LogP contribution in [-0.2, 0) is 0 Å². The molecule has 0 bridgehead atoms. The largest absolute Gasteiger partial charge is 0.166 e. The van der Waals surface area contributed by atoms with Crippen molar-refractivity contribution in [1.29, 1.82) is 0 Å². The van der Waals surface area contributed by atoms with Crippen LogP contribution in [0.2, 0.25) is 0 Å². The van der Waals surface area contributed by atoms with Crippen LogP contribution in [0.4, 0.5) is 0 Å². The van der Waals surface area contributed by atoms with E-state index in [1.807, 2.05) is 0 Å². The molecule has 0 saturated carbocycles. The summed E-state index contributed by atoms with van der Waals surface area (Å²) < 4.78 is 0. The van der Waals surface area contributed by atoms with Crippen molar-refractivity contribution in [3.8, 4) is 0 Å². The molecule has 0 aromatic heterocycles. The van der Waals surface area contributed by atoms with E-state index in [4.69, 9.17) is 0 Å². The van der Waals surface area contributed by atoms with Crippen molar-refractivity contribution in [3.63, 3.8) is 0 Å². The fourth-order valence-corrected chi connectivity index (χ4v) is 4.32. The molecule has 0 aromatic carbocycles. The van der Waals surface area contributed by atoms with Crippen LogP contribution >= 0.6 is 10.5 Å². The standard InChI is InChI=1S/C18H34S/c1-2-3-4-5-6-7-8-9-10-11-12-13-16-19-17-14-15-18-19/h14,16-17H,2-13,15,18H2,1H3. The molecule has 0 spiro atoms. The van der Waals surface area contributed by atoms with E-state index in [9.17, 15) is 0 Å². The molecular weight excluding hydrogens is 248 g/mol. The maximum atomic E-state index is 2.57. The summed E-state index contributed by atoms with van der Waals surface area (Å²) >= 11 is 0. The molecular formula is C18H34S. The number of unbranched alkanes of at least 4 members (excludes halogenated alkanes) is 11. The third-order valence-corrected chi connectivity index (χ3v) is 5.84. The van der Waals surface area contributed by atoms with Crippen molar-refractivity contribution < 1.29 is 0 Å². The van der Waals surface area contributed by atoms with E-state index in [1.165, 1.54) is 89.2 Å². The Kier molecular flexibility index (Phi) is 11.6. The van der Waals surface area contributed by atoms with Crippen LogP contribution in [0.5, 0.6) is 0 Å². The number of rotatable bonds is 12. The highest BCUT2D eigenvalue weighted by atomic mass is 32.2. The zero-order valence-electron chi connectivity index (χ0n) is 13.0. The van der Waals surface area contributed by atoms with Crippen LogP contribution in [0.25, 0.3) is 0 Å². The van der Waals surface area contributed by atoms with E-state index < -0.39 is 0 Å². The van der Waals surface area contributed by atoms with Crippen molar-refractivity contribution in [2.24, 2.45) is 0 Å². The summed E-state index contributed by atoms with van der Waals surface area (Å²) in [5.74, 6) is 1.40. The number of hydrogen-bond acceptors (Lipinski definition) is 0. The minimum atomic E-state index is 0.553. The molecule has 112 valence electrons. The predicted octanol–water partition coefficient (Wildman–Crippen LogP) is 6.68. The van der Waals surface area contributed by atoms with Gasteiger partial charge in [-0.25, -0.2) is 0 Å². The summed E-state index contributed by atoms with van der Waals surface area (Å²) in [6.07, 6.45) is 21.0. The Labute approximate surface area is 124 Å². The Morgan fingerprint density at radius 3 is 1.95 bits per heavy atom. The van der Waals surface area contributed by atoms with E-state index in [0.717, 1.165) is 0 Å². The lowest BCUT2D eigenvalue weighted by Gasteiger charge is -2.02. The average molecular weight is 283 g/mol. The molecule has 0 aliphatic carbocycles. The molecule has 0 nitrogen and oxygen atoms in total. The SMILES string of the molecule is CCCCCCCCCCCCCC=S1C=CCC1. The highest BCUT2D eigenvalue weighted by Crippen LogP contribution is 2.23. The summed E-state index contributed by atoms with van der Waals surface area (Å²) in [6.45, 7) is 2.29. The molecule has 1 unspecified atom stereocenters. The van der Waals surface area contributed by atoms with Gasteiger partial charge in [-0.1, -0.05) is 82.6 Å². The molecule has 0 aromatic rings. The first-order valence-corrected chi connectivity index (χ1v) is 10.1. The lowest BCUT2D eigenvalue weighted by Crippen LogP contribution is -1.83. The number of allylic oxidation sites excluding steroid dienone is 1. The quantitative estimate of drug-likeness (QED) is 0.277. The van der Waals surface area contributed by atoms with Crippen LogP contribution in [0.3, 0.4) is 0 Å². The monoisotopic (exact) mass is 282 g/mol. The predicted molar refractivity (Wildman–Crippen MR) is 93.4 cm³/mol. The van der Waals surface area contributed by atoms with Gasteiger partial charge in [-0.3, -0.25) is 0 Å². The van der Waals surface area contributed by atoms with E-state index >= 15 is 0 Å². The van der Waals surface area contributed by atoms with Crippen molar-refractivity contribution in [3.05, 3.63) is 11.5 Å². The van der Waals surface area contributed by atoms with E-state index in [0.29, 0.717) is 10.5 Å². The van der Waals surface area contributed by atoms with Crippen molar-refractivity contribution in [2.45, 2.75) is 90.4 Å². The first-order chi connectivity index (χ1) is 9.43. The van der Waals surface area contributed by atoms with Gasteiger partial charge in [0.1, 0.15) is 0 Å². The molecule has 0 fully saturated rings. The van der Waals surface area contributed by atoms with Crippen LogP contribution < -0.4 is 0 Å². The van der Waals surface area contributed by atoms with Gasteiger partial charge in [-0.2, -0.15) is 10.5 Å². The van der Waals surface area contributed by atoms with Gasteiger partial charge in [-0.05, 0) is 30.4 Å². The Morgan fingerprint density at radius 2 is 1.42 bits per heavy atom. The molecule has 0 N–H and O–H groups in total. The fraction of sp³-hybridized carbons (Fsp3) is 0.833. The maximum Gasteiger partial charge on any atom is -0.00472 e. The summed E-state index contributed by atoms with van der Waals surface area (Å²) in [6, 6.07) is 0. The van der Waals surface area contributed by atoms with Crippen LogP contribution in [-0.4, -0.2) is 11.1 Å². The Balaban J connectivity index is 1.74. The Morgan fingerprint density at radius 1 is 0.842 bits per heavy atom. The summed E-state index contributed by atoms with van der Waals surface area (Å²) in [7, 11) is 0.553. The minimum absolute atomic E-state index is 0.553. The van der Waals surface area contributed by atoms with Crippen molar-refractivity contribution in [2.75, 3.05) is 5.75 Å². The smallest absolute Gasteiger partial charge is 0.00472 e. The summed E-state index contributed by atoms with van der Waals surface area (Å²) in [5.41, 5.74) is 0. The van der Waals surface area contributed by atoms with Gasteiger partial charge < -0.3 is 0 Å². The normalized spacial score (nSPS) is 18.5. The van der Waals surface area contributed by atoms with Crippen molar-refractivity contribution >= 4 is 15.9 Å². The Hall–Kier alpha value is -0.0400. The van der Waals surface area contributed by atoms with Gasteiger partial charge in [-0.15, -0.1) is 0 Å². The third-order valence-electron chi connectivity index (χ3n) is 3.93. The molecule has 0 saturated heterocycles. The molecule has 0 amide bonds. The second-order valence-electron chi connectivity index (χ2n) is 5.82. The fourth-order valence-electron chi connectivity index (χ4n) is 2.65. The third kappa shape index (κ3) is 10.4. The zero-order valence-corrected chi connectivity index (χ0v) is 13.9. The molecule has 1 aliphatic rings. The molecule has 1 atom stereocenters. The molecule has 19 heavy (non-hydrogen) atoms. The van der Waals surface area contributed by atoms with Gasteiger partial charge >= 0.3 is 0 Å².